The minimum atomic E-state index is -0.164. The Balaban J connectivity index is 1.23. The molecule has 47 heavy (non-hydrogen) atoms. The van der Waals surface area contributed by atoms with Crippen molar-refractivity contribution >= 4 is 22.1 Å². The third kappa shape index (κ3) is 7.00. The van der Waals surface area contributed by atoms with E-state index in [1.54, 1.807) is 0 Å². The normalized spacial score (nSPS) is 13.9. The van der Waals surface area contributed by atoms with Crippen LogP contribution in [-0.2, 0) is 18.4 Å². The van der Waals surface area contributed by atoms with E-state index in [9.17, 15) is 4.79 Å². The van der Waals surface area contributed by atoms with Crippen molar-refractivity contribution in [2.75, 3.05) is 19.6 Å². The Morgan fingerprint density at radius 2 is 1.55 bits per heavy atom. The van der Waals surface area contributed by atoms with Gasteiger partial charge in [0.05, 0.1) is 22.1 Å². The second-order valence-corrected chi connectivity index (χ2v) is 13.8. The summed E-state index contributed by atoms with van der Waals surface area (Å²) in [5.41, 5.74) is 7.07. The Labute approximate surface area is 276 Å². The van der Waals surface area contributed by atoms with Gasteiger partial charge in [0.2, 0.25) is 0 Å². The van der Waals surface area contributed by atoms with E-state index in [1.807, 2.05) is 60.7 Å². The molecule has 1 saturated heterocycles. The second kappa shape index (κ2) is 13.2. The predicted octanol–water partition coefficient (Wildman–Crippen LogP) is 8.50. The minimum absolute atomic E-state index is 0.0861. The third-order valence-electron chi connectivity index (χ3n) is 9.20. The van der Waals surface area contributed by atoms with Crippen LogP contribution in [0.25, 0.3) is 33.5 Å². The number of aromatic nitrogens is 4. The van der Waals surface area contributed by atoms with Gasteiger partial charge in [-0.1, -0.05) is 75.4 Å². The molecular formula is C40H43N5O2. The molecule has 0 radical (unpaired) electrons. The van der Waals surface area contributed by atoms with Gasteiger partial charge in [-0.25, -0.2) is 9.97 Å². The van der Waals surface area contributed by atoms with Crippen molar-refractivity contribution in [2.24, 2.45) is 0 Å². The van der Waals surface area contributed by atoms with Crippen LogP contribution in [0, 0.1) is 0 Å². The molecule has 0 atom stereocenters. The summed E-state index contributed by atoms with van der Waals surface area (Å²) in [6.07, 6.45) is 5.28. The van der Waals surface area contributed by atoms with Crippen LogP contribution >= 0.6 is 0 Å². The molecule has 7 nitrogen and oxygen atoms in total. The molecule has 1 aliphatic heterocycles. The number of imidazole rings is 1. The maximum Gasteiger partial charge on any atom is 0.270 e. The summed E-state index contributed by atoms with van der Waals surface area (Å²) >= 11 is 0. The van der Waals surface area contributed by atoms with Gasteiger partial charge in [-0.05, 0) is 98.3 Å². The number of nitrogens with zero attached hydrogens (tertiary/aromatic N) is 4. The monoisotopic (exact) mass is 625 g/mol. The van der Waals surface area contributed by atoms with Crippen molar-refractivity contribution in [3.8, 4) is 22.9 Å². The maximum absolute atomic E-state index is 13.0. The molecule has 0 unspecified atom stereocenters. The number of hydrogen-bond donors (Lipinski definition) is 1. The van der Waals surface area contributed by atoms with E-state index in [2.05, 4.69) is 65.6 Å². The quantitative estimate of drug-likeness (QED) is 0.155. The summed E-state index contributed by atoms with van der Waals surface area (Å²) in [4.78, 5) is 28.7. The summed E-state index contributed by atoms with van der Waals surface area (Å²) in [7, 11) is 0. The summed E-state index contributed by atoms with van der Waals surface area (Å²) in [5, 5.41) is 0. The van der Waals surface area contributed by atoms with Gasteiger partial charge >= 0.3 is 0 Å². The Kier molecular flexibility index (Phi) is 8.65. The van der Waals surface area contributed by atoms with E-state index in [1.165, 1.54) is 31.5 Å². The maximum atomic E-state index is 13.0. The lowest BCUT2D eigenvalue weighted by Crippen LogP contribution is -2.20. The molecule has 0 bridgehead atoms. The molecule has 2 aromatic heterocycles. The number of likely N-dealkylation sites (tertiary alicyclic amines) is 1. The van der Waals surface area contributed by atoms with Crippen LogP contribution in [-0.4, -0.2) is 44.1 Å². The Bertz CT molecular complexity index is 2050. The Hall–Kier alpha value is -4.75. The van der Waals surface area contributed by atoms with Crippen molar-refractivity contribution < 1.29 is 4.74 Å². The van der Waals surface area contributed by atoms with Crippen LogP contribution in [0.5, 0.6) is 11.5 Å². The SMILES string of the molecule is CC(C)(C)c1ccc(Oc2cccc(-c3nc4cc5[nH]c(=O)c(Cc6ccccc6)nc5cc4n3CCCCN3CCCC3)c2)cc1. The fourth-order valence-corrected chi connectivity index (χ4v) is 6.57. The summed E-state index contributed by atoms with van der Waals surface area (Å²) < 4.78 is 8.64. The first-order valence-electron chi connectivity index (χ1n) is 16.9. The zero-order valence-electron chi connectivity index (χ0n) is 27.6. The second-order valence-electron chi connectivity index (χ2n) is 13.8. The number of nitrogens with one attached hydrogen (secondary N) is 1. The van der Waals surface area contributed by atoms with Crippen LogP contribution in [0.3, 0.4) is 0 Å². The lowest BCUT2D eigenvalue weighted by atomic mass is 9.87. The van der Waals surface area contributed by atoms with Crippen molar-refractivity contribution in [1.29, 1.82) is 0 Å². The molecule has 1 N–H and O–H groups in total. The largest absolute Gasteiger partial charge is 0.457 e. The number of fused-ring (bicyclic) bond motifs is 2. The lowest BCUT2D eigenvalue weighted by Gasteiger charge is -2.19. The average Bonchev–Trinajstić information content (AvgIpc) is 3.71. The van der Waals surface area contributed by atoms with Crippen LogP contribution in [0.15, 0.2) is 95.8 Å². The van der Waals surface area contributed by atoms with Gasteiger partial charge in [-0.3, -0.25) is 4.79 Å². The smallest absolute Gasteiger partial charge is 0.270 e. The fraction of sp³-hybridized carbons (Fsp3) is 0.325. The van der Waals surface area contributed by atoms with Gasteiger partial charge in [0, 0.05) is 18.5 Å². The molecule has 7 rings (SSSR count). The molecule has 0 saturated carbocycles. The molecule has 6 aromatic rings. The minimum Gasteiger partial charge on any atom is -0.457 e. The standard InChI is InChI=1S/C40H43N5O2/c1-40(2,3)30-16-18-31(19-17-30)47-32-15-11-14-29(25-32)38-42-35-26-33-34(41-36(39(46)43-33)24-28-12-5-4-6-13-28)27-37(35)45(38)23-10-9-22-44-20-7-8-21-44/h4-6,11-19,25-27H,7-10,20-24H2,1-3H3,(H,43,46). The number of rotatable bonds is 10. The summed E-state index contributed by atoms with van der Waals surface area (Å²) in [6.45, 7) is 11.0. The van der Waals surface area contributed by atoms with Gasteiger partial charge in [-0.15, -0.1) is 0 Å². The van der Waals surface area contributed by atoms with Gasteiger partial charge in [0.25, 0.3) is 5.56 Å². The highest BCUT2D eigenvalue weighted by Gasteiger charge is 2.18. The molecule has 3 heterocycles. The van der Waals surface area contributed by atoms with Gasteiger partial charge in [0.1, 0.15) is 23.0 Å². The van der Waals surface area contributed by atoms with E-state index in [4.69, 9.17) is 14.7 Å². The van der Waals surface area contributed by atoms with Gasteiger partial charge in [-0.2, -0.15) is 0 Å². The average molecular weight is 626 g/mol. The predicted molar refractivity (Wildman–Crippen MR) is 190 cm³/mol. The Morgan fingerprint density at radius 3 is 2.32 bits per heavy atom. The van der Waals surface area contributed by atoms with Crippen LogP contribution in [0.1, 0.15) is 63.3 Å². The van der Waals surface area contributed by atoms with Crippen molar-refractivity contribution in [3.63, 3.8) is 0 Å². The summed E-state index contributed by atoms with van der Waals surface area (Å²) in [5.74, 6) is 2.45. The first-order chi connectivity index (χ1) is 22.8. The molecular weight excluding hydrogens is 582 g/mol. The molecule has 4 aromatic carbocycles. The lowest BCUT2D eigenvalue weighted by molar-refractivity contribution is 0.327. The topological polar surface area (TPSA) is 76.0 Å². The third-order valence-corrected chi connectivity index (χ3v) is 9.20. The number of aryl methyl sites for hydroxylation is 1. The molecule has 1 fully saturated rings. The first kappa shape index (κ1) is 30.9. The van der Waals surface area contributed by atoms with E-state index in [0.717, 1.165) is 70.9 Å². The van der Waals surface area contributed by atoms with Crippen LogP contribution < -0.4 is 10.3 Å². The number of ether oxygens (including phenoxy) is 1. The van der Waals surface area contributed by atoms with E-state index in [0.29, 0.717) is 17.6 Å². The van der Waals surface area contributed by atoms with Crippen molar-refractivity contribution in [1.82, 2.24) is 24.4 Å². The van der Waals surface area contributed by atoms with E-state index >= 15 is 0 Å². The van der Waals surface area contributed by atoms with Crippen LogP contribution in [0.4, 0.5) is 0 Å². The van der Waals surface area contributed by atoms with Gasteiger partial charge in [0.15, 0.2) is 0 Å². The molecule has 7 heteroatoms. The number of H-pyrrole nitrogens is 1. The molecule has 240 valence electrons. The van der Waals surface area contributed by atoms with Gasteiger partial charge < -0.3 is 19.2 Å². The van der Waals surface area contributed by atoms with E-state index in [-0.39, 0.29) is 11.0 Å². The van der Waals surface area contributed by atoms with Crippen molar-refractivity contribution in [2.45, 2.75) is 64.8 Å². The van der Waals surface area contributed by atoms with E-state index < -0.39 is 0 Å². The Morgan fingerprint density at radius 1 is 0.787 bits per heavy atom. The fourth-order valence-electron chi connectivity index (χ4n) is 6.57. The highest BCUT2D eigenvalue weighted by Crippen LogP contribution is 2.32. The highest BCUT2D eigenvalue weighted by atomic mass is 16.5. The number of unbranched alkanes of at least 4 members (excludes halogenated alkanes) is 1. The zero-order valence-corrected chi connectivity index (χ0v) is 27.6. The number of benzene rings is 4. The van der Waals surface area contributed by atoms with Crippen molar-refractivity contribution in [3.05, 3.63) is 118 Å². The first-order valence-corrected chi connectivity index (χ1v) is 16.9. The molecule has 0 spiro atoms. The van der Waals surface area contributed by atoms with Crippen LogP contribution in [0.2, 0.25) is 0 Å². The summed E-state index contributed by atoms with van der Waals surface area (Å²) in [6, 6.07) is 30.6. The molecule has 1 aliphatic rings. The molecule has 0 aliphatic carbocycles. The number of hydrogen-bond acceptors (Lipinski definition) is 5. The zero-order chi connectivity index (χ0) is 32.4. The number of aromatic amines is 1. The highest BCUT2D eigenvalue weighted by molar-refractivity contribution is 5.93. The molecule has 0 amide bonds.